The molecule has 3 heteroatoms. The van der Waals surface area contributed by atoms with Crippen molar-refractivity contribution in [3.8, 4) is 0 Å². The van der Waals surface area contributed by atoms with Gasteiger partial charge < -0.3 is 4.74 Å². The molecule has 0 heterocycles. The molecule has 0 saturated heterocycles. The van der Waals surface area contributed by atoms with Gasteiger partial charge in [0.15, 0.2) is 0 Å². The molecule has 2 rings (SSSR count). The fraction of sp³-hybridized carbons (Fsp3) is 0.462. The summed E-state index contributed by atoms with van der Waals surface area (Å²) < 4.78 is 18.4. The summed E-state index contributed by atoms with van der Waals surface area (Å²) in [6.07, 6.45) is 2.47. The zero-order chi connectivity index (χ0) is 11.6. The number of Topliss-reactive ketones (excluding diaryl/α,β-unsaturated/α-hetero) is 1. The predicted octanol–water partition coefficient (Wildman–Crippen LogP) is 2.81. The Morgan fingerprint density at radius 2 is 1.75 bits per heavy atom. The van der Waals surface area contributed by atoms with E-state index >= 15 is 0 Å². The molecule has 0 N–H and O–H groups in total. The second kappa shape index (κ2) is 4.34. The second-order valence-corrected chi connectivity index (χ2v) is 4.24. The second-order valence-electron chi connectivity index (χ2n) is 4.24. The van der Waals surface area contributed by atoms with Crippen LogP contribution in [-0.2, 0) is 15.1 Å². The van der Waals surface area contributed by atoms with Crippen molar-refractivity contribution in [1.29, 1.82) is 0 Å². The lowest BCUT2D eigenvalue weighted by atomic mass is 9.79. The van der Waals surface area contributed by atoms with Crippen LogP contribution in [0.1, 0.15) is 31.2 Å². The van der Waals surface area contributed by atoms with Gasteiger partial charge in [-0.05, 0) is 30.5 Å². The molecule has 1 aromatic carbocycles. The lowest BCUT2D eigenvalue weighted by Gasteiger charge is -2.35. The Hall–Kier alpha value is -1.22. The van der Waals surface area contributed by atoms with Crippen LogP contribution in [-0.4, -0.2) is 12.9 Å². The molecule has 1 aliphatic carbocycles. The maximum atomic E-state index is 12.8. The van der Waals surface area contributed by atoms with Gasteiger partial charge in [-0.2, -0.15) is 0 Å². The smallest absolute Gasteiger partial charge is 0.133 e. The third kappa shape index (κ3) is 2.00. The average molecular weight is 222 g/mol. The van der Waals surface area contributed by atoms with Crippen LogP contribution >= 0.6 is 0 Å². The van der Waals surface area contributed by atoms with Gasteiger partial charge >= 0.3 is 0 Å². The standard InChI is InChI=1S/C13H15FO2/c1-16-13(8-6-12(15)7-9-13)10-2-4-11(14)5-3-10/h2-5H,6-9H2,1H3. The van der Waals surface area contributed by atoms with E-state index in [9.17, 15) is 9.18 Å². The van der Waals surface area contributed by atoms with Gasteiger partial charge in [0.1, 0.15) is 11.6 Å². The largest absolute Gasteiger partial charge is 0.374 e. The lowest BCUT2D eigenvalue weighted by molar-refractivity contribution is -0.127. The van der Waals surface area contributed by atoms with E-state index in [1.54, 1.807) is 19.2 Å². The number of rotatable bonds is 2. The van der Waals surface area contributed by atoms with Crippen LogP contribution in [0.25, 0.3) is 0 Å². The molecule has 0 radical (unpaired) electrons. The lowest BCUT2D eigenvalue weighted by Crippen LogP contribution is -2.33. The van der Waals surface area contributed by atoms with E-state index in [-0.39, 0.29) is 11.6 Å². The highest BCUT2D eigenvalue weighted by molar-refractivity contribution is 5.79. The summed E-state index contributed by atoms with van der Waals surface area (Å²) in [4.78, 5) is 11.2. The van der Waals surface area contributed by atoms with Crippen LogP contribution < -0.4 is 0 Å². The SMILES string of the molecule is COC1(c2ccc(F)cc2)CCC(=O)CC1. The summed E-state index contributed by atoms with van der Waals surface area (Å²) >= 11 is 0. The van der Waals surface area contributed by atoms with Gasteiger partial charge in [-0.3, -0.25) is 4.79 Å². The minimum Gasteiger partial charge on any atom is -0.374 e. The topological polar surface area (TPSA) is 26.3 Å². The number of methoxy groups -OCH3 is 1. The molecule has 0 unspecified atom stereocenters. The molecule has 0 amide bonds. The predicted molar refractivity (Wildman–Crippen MR) is 58.6 cm³/mol. The highest BCUT2D eigenvalue weighted by Crippen LogP contribution is 2.38. The van der Waals surface area contributed by atoms with Crippen molar-refractivity contribution in [2.45, 2.75) is 31.3 Å². The molecule has 0 aliphatic heterocycles. The molecule has 1 fully saturated rings. The number of halogens is 1. The Kier molecular flexibility index (Phi) is 3.06. The fourth-order valence-corrected chi connectivity index (χ4v) is 2.30. The molecule has 1 aromatic rings. The van der Waals surface area contributed by atoms with Crippen molar-refractivity contribution >= 4 is 5.78 Å². The average Bonchev–Trinajstić information content (AvgIpc) is 2.32. The first-order chi connectivity index (χ1) is 7.66. The maximum Gasteiger partial charge on any atom is 0.133 e. The van der Waals surface area contributed by atoms with Gasteiger partial charge in [-0.15, -0.1) is 0 Å². The maximum absolute atomic E-state index is 12.8. The minimum absolute atomic E-state index is 0.248. The summed E-state index contributed by atoms with van der Waals surface area (Å²) in [5.41, 5.74) is 0.561. The van der Waals surface area contributed by atoms with E-state index < -0.39 is 5.60 Å². The molecule has 16 heavy (non-hydrogen) atoms. The summed E-state index contributed by atoms with van der Waals surface area (Å²) in [5, 5.41) is 0. The molecular weight excluding hydrogens is 207 g/mol. The molecule has 0 spiro atoms. The summed E-state index contributed by atoms with van der Waals surface area (Å²) in [6, 6.07) is 6.36. The number of ketones is 1. The highest BCUT2D eigenvalue weighted by atomic mass is 19.1. The quantitative estimate of drug-likeness (QED) is 0.769. The molecule has 0 bridgehead atoms. The van der Waals surface area contributed by atoms with E-state index in [0.717, 1.165) is 5.56 Å². The number of carbonyl (C=O) groups excluding carboxylic acids is 1. The Morgan fingerprint density at radius 1 is 1.19 bits per heavy atom. The highest BCUT2D eigenvalue weighted by Gasteiger charge is 2.36. The molecule has 0 aromatic heterocycles. The minimum atomic E-state index is -0.401. The zero-order valence-electron chi connectivity index (χ0n) is 9.33. The van der Waals surface area contributed by atoms with Crippen molar-refractivity contribution in [2.24, 2.45) is 0 Å². The summed E-state index contributed by atoms with van der Waals surface area (Å²) in [6.45, 7) is 0. The van der Waals surface area contributed by atoms with E-state index in [0.29, 0.717) is 25.7 Å². The number of hydrogen-bond acceptors (Lipinski definition) is 2. The monoisotopic (exact) mass is 222 g/mol. The van der Waals surface area contributed by atoms with Crippen molar-refractivity contribution in [3.63, 3.8) is 0 Å². The van der Waals surface area contributed by atoms with Gasteiger partial charge in [0.05, 0.1) is 5.60 Å². The molecule has 2 nitrogen and oxygen atoms in total. The van der Waals surface area contributed by atoms with Crippen LogP contribution in [0.3, 0.4) is 0 Å². The van der Waals surface area contributed by atoms with E-state index in [4.69, 9.17) is 4.74 Å². The van der Waals surface area contributed by atoms with Crippen LogP contribution in [0, 0.1) is 5.82 Å². The van der Waals surface area contributed by atoms with Crippen LogP contribution in [0.5, 0.6) is 0 Å². The third-order valence-electron chi connectivity index (χ3n) is 3.38. The van der Waals surface area contributed by atoms with Crippen LogP contribution in [0.4, 0.5) is 4.39 Å². The van der Waals surface area contributed by atoms with Crippen molar-refractivity contribution in [2.75, 3.05) is 7.11 Å². The molecule has 1 saturated carbocycles. The first-order valence-corrected chi connectivity index (χ1v) is 5.49. The van der Waals surface area contributed by atoms with Gasteiger partial charge in [0.25, 0.3) is 0 Å². The number of benzene rings is 1. The van der Waals surface area contributed by atoms with E-state index in [1.807, 2.05) is 0 Å². The van der Waals surface area contributed by atoms with Crippen LogP contribution in [0.15, 0.2) is 24.3 Å². The van der Waals surface area contributed by atoms with Gasteiger partial charge in [0.2, 0.25) is 0 Å². The number of ether oxygens (including phenoxy) is 1. The summed E-state index contributed by atoms with van der Waals surface area (Å²) in [7, 11) is 1.65. The Bertz CT molecular complexity index is 373. The molecule has 86 valence electrons. The van der Waals surface area contributed by atoms with E-state index in [2.05, 4.69) is 0 Å². The third-order valence-corrected chi connectivity index (χ3v) is 3.38. The summed E-state index contributed by atoms with van der Waals surface area (Å²) in [5.74, 6) is 0.0386. The first-order valence-electron chi connectivity index (χ1n) is 5.49. The Labute approximate surface area is 94.4 Å². The molecule has 0 atom stereocenters. The van der Waals surface area contributed by atoms with Gasteiger partial charge in [-0.1, -0.05) is 12.1 Å². The van der Waals surface area contributed by atoms with Crippen molar-refractivity contribution in [3.05, 3.63) is 35.6 Å². The Morgan fingerprint density at radius 3 is 2.25 bits per heavy atom. The van der Waals surface area contributed by atoms with E-state index in [1.165, 1.54) is 12.1 Å². The first kappa shape index (κ1) is 11.3. The van der Waals surface area contributed by atoms with Gasteiger partial charge in [0, 0.05) is 20.0 Å². The van der Waals surface area contributed by atoms with Crippen molar-refractivity contribution in [1.82, 2.24) is 0 Å². The molecular formula is C13H15FO2. The van der Waals surface area contributed by atoms with Crippen LogP contribution in [0.2, 0.25) is 0 Å². The molecule has 1 aliphatic rings. The number of carbonyl (C=O) groups is 1. The van der Waals surface area contributed by atoms with Crippen molar-refractivity contribution < 1.29 is 13.9 Å². The Balaban J connectivity index is 2.27. The zero-order valence-corrected chi connectivity index (χ0v) is 9.33. The normalized spacial score (nSPS) is 19.8. The number of hydrogen-bond donors (Lipinski definition) is 0. The van der Waals surface area contributed by atoms with Gasteiger partial charge in [-0.25, -0.2) is 4.39 Å². The fourth-order valence-electron chi connectivity index (χ4n) is 2.30.